The van der Waals surface area contributed by atoms with Crippen molar-refractivity contribution in [1.82, 2.24) is 0 Å². The van der Waals surface area contributed by atoms with Crippen molar-refractivity contribution in [2.75, 3.05) is 13.2 Å². The largest absolute Gasteiger partial charge is 0.494 e. The fraction of sp³-hybridized carbons (Fsp3) is 0.564. The normalized spacial score (nSPS) is 12.0. The molecule has 0 heterocycles. The topological polar surface area (TPSA) is 35.5 Å². The molecule has 0 N–H and O–H groups in total. The Kier molecular flexibility index (Phi) is 16.2. The molecule has 230 valence electrons. The standard InChI is InChI=1S/C39H56O3/c1-4-6-7-8-9-10-13-16-19-33-20-22-34(23-21-33)35-24-25-37-31-38(27-26-36(37)30-35)41-28-17-14-11-12-15-18-29-42-39(40)32(3)5-2/h20-27,30-32H,4-19,28-29H2,1-3H3. The summed E-state index contributed by atoms with van der Waals surface area (Å²) in [6.07, 6.45) is 19.7. The Hall–Kier alpha value is -2.81. The van der Waals surface area contributed by atoms with Crippen molar-refractivity contribution < 1.29 is 14.3 Å². The molecule has 1 atom stereocenters. The van der Waals surface area contributed by atoms with Crippen molar-refractivity contribution in [3.63, 3.8) is 0 Å². The second-order valence-corrected chi connectivity index (χ2v) is 12.1. The first kappa shape index (κ1) is 33.7. The first-order chi connectivity index (χ1) is 20.6. The molecule has 0 aliphatic carbocycles. The summed E-state index contributed by atoms with van der Waals surface area (Å²) in [7, 11) is 0. The van der Waals surface area contributed by atoms with Gasteiger partial charge >= 0.3 is 5.97 Å². The fourth-order valence-electron chi connectivity index (χ4n) is 5.40. The van der Waals surface area contributed by atoms with Gasteiger partial charge in [0, 0.05) is 0 Å². The van der Waals surface area contributed by atoms with E-state index in [0.717, 1.165) is 38.0 Å². The number of fused-ring (bicyclic) bond motifs is 1. The van der Waals surface area contributed by atoms with E-state index < -0.39 is 0 Å². The summed E-state index contributed by atoms with van der Waals surface area (Å²) in [6, 6.07) is 22.3. The Morgan fingerprint density at radius 1 is 0.619 bits per heavy atom. The van der Waals surface area contributed by atoms with Gasteiger partial charge in [0.1, 0.15) is 5.75 Å². The molecule has 0 aliphatic heterocycles. The molecule has 0 bridgehead atoms. The zero-order chi connectivity index (χ0) is 29.8. The molecule has 0 radical (unpaired) electrons. The summed E-state index contributed by atoms with van der Waals surface area (Å²) in [5.74, 6) is 0.906. The second kappa shape index (κ2) is 20.2. The van der Waals surface area contributed by atoms with Gasteiger partial charge < -0.3 is 9.47 Å². The van der Waals surface area contributed by atoms with Crippen LogP contribution in [0.5, 0.6) is 5.75 Å². The van der Waals surface area contributed by atoms with E-state index in [1.165, 1.54) is 105 Å². The van der Waals surface area contributed by atoms with Gasteiger partial charge in [0.2, 0.25) is 0 Å². The highest BCUT2D eigenvalue weighted by molar-refractivity contribution is 5.88. The number of aryl methyl sites for hydroxylation is 1. The molecule has 3 nitrogen and oxygen atoms in total. The maximum atomic E-state index is 11.7. The van der Waals surface area contributed by atoms with Gasteiger partial charge in [-0.3, -0.25) is 4.79 Å². The van der Waals surface area contributed by atoms with Crippen LogP contribution in [0.4, 0.5) is 0 Å². The molecule has 0 aromatic heterocycles. The lowest BCUT2D eigenvalue weighted by Crippen LogP contribution is -2.14. The lowest BCUT2D eigenvalue weighted by atomic mass is 9.98. The van der Waals surface area contributed by atoms with Gasteiger partial charge in [-0.2, -0.15) is 0 Å². The molecule has 0 amide bonds. The smallest absolute Gasteiger partial charge is 0.308 e. The Morgan fingerprint density at radius 2 is 1.19 bits per heavy atom. The van der Waals surface area contributed by atoms with Crippen LogP contribution in [-0.4, -0.2) is 19.2 Å². The van der Waals surface area contributed by atoms with E-state index in [2.05, 4.69) is 67.6 Å². The lowest BCUT2D eigenvalue weighted by Gasteiger charge is -2.10. The number of carbonyl (C=O) groups is 1. The first-order valence-corrected chi connectivity index (χ1v) is 17.0. The number of esters is 1. The third-order valence-electron chi connectivity index (χ3n) is 8.48. The quantitative estimate of drug-likeness (QED) is 0.0887. The van der Waals surface area contributed by atoms with Gasteiger partial charge in [0.25, 0.3) is 0 Å². The number of unbranched alkanes of at least 4 members (excludes halogenated alkanes) is 12. The molecule has 3 heteroatoms. The van der Waals surface area contributed by atoms with Gasteiger partial charge in [-0.25, -0.2) is 0 Å². The van der Waals surface area contributed by atoms with Gasteiger partial charge in [0.15, 0.2) is 0 Å². The number of benzene rings is 3. The summed E-state index contributed by atoms with van der Waals surface area (Å²) in [5, 5.41) is 2.47. The minimum absolute atomic E-state index is 0.0159. The monoisotopic (exact) mass is 572 g/mol. The van der Waals surface area contributed by atoms with Crippen molar-refractivity contribution in [2.45, 2.75) is 124 Å². The highest BCUT2D eigenvalue weighted by Crippen LogP contribution is 2.28. The van der Waals surface area contributed by atoms with Gasteiger partial charge in [0.05, 0.1) is 19.1 Å². The van der Waals surface area contributed by atoms with Crippen LogP contribution in [0.15, 0.2) is 60.7 Å². The van der Waals surface area contributed by atoms with Crippen LogP contribution in [-0.2, 0) is 16.0 Å². The van der Waals surface area contributed by atoms with Crippen molar-refractivity contribution in [3.05, 3.63) is 66.2 Å². The molecule has 3 aromatic carbocycles. The predicted molar refractivity (Wildman–Crippen MR) is 179 cm³/mol. The number of hydrogen-bond acceptors (Lipinski definition) is 3. The van der Waals surface area contributed by atoms with E-state index >= 15 is 0 Å². The highest BCUT2D eigenvalue weighted by Gasteiger charge is 2.11. The highest BCUT2D eigenvalue weighted by atomic mass is 16.5. The van der Waals surface area contributed by atoms with Crippen LogP contribution in [0.25, 0.3) is 21.9 Å². The SMILES string of the molecule is CCCCCCCCCCc1ccc(-c2ccc3cc(OCCCCCCCCOC(=O)C(C)CC)ccc3c2)cc1. The summed E-state index contributed by atoms with van der Waals surface area (Å²) >= 11 is 0. The molecule has 0 saturated carbocycles. The summed E-state index contributed by atoms with van der Waals surface area (Å²) in [6.45, 7) is 7.53. The van der Waals surface area contributed by atoms with Crippen molar-refractivity contribution in [3.8, 4) is 16.9 Å². The van der Waals surface area contributed by atoms with Crippen molar-refractivity contribution in [1.29, 1.82) is 0 Å². The van der Waals surface area contributed by atoms with Crippen LogP contribution < -0.4 is 4.74 Å². The van der Waals surface area contributed by atoms with Gasteiger partial charge in [-0.05, 0) is 77.8 Å². The van der Waals surface area contributed by atoms with E-state index in [1.54, 1.807) is 0 Å². The zero-order valence-electron chi connectivity index (χ0n) is 26.8. The molecule has 3 rings (SSSR count). The van der Waals surface area contributed by atoms with E-state index in [-0.39, 0.29) is 11.9 Å². The van der Waals surface area contributed by atoms with Gasteiger partial charge in [-0.15, -0.1) is 0 Å². The Morgan fingerprint density at radius 3 is 1.88 bits per heavy atom. The molecule has 1 unspecified atom stereocenters. The Balaban J connectivity index is 1.31. The molecule has 0 saturated heterocycles. The number of ether oxygens (including phenoxy) is 2. The van der Waals surface area contributed by atoms with Crippen LogP contribution >= 0.6 is 0 Å². The molecule has 0 spiro atoms. The summed E-state index contributed by atoms with van der Waals surface area (Å²) in [4.78, 5) is 11.7. The first-order valence-electron chi connectivity index (χ1n) is 17.0. The fourth-order valence-corrected chi connectivity index (χ4v) is 5.40. The van der Waals surface area contributed by atoms with Crippen molar-refractivity contribution in [2.24, 2.45) is 5.92 Å². The number of hydrogen-bond donors (Lipinski definition) is 0. The third kappa shape index (κ3) is 12.6. The Labute approximate surface area is 256 Å². The lowest BCUT2D eigenvalue weighted by molar-refractivity contribution is -0.148. The third-order valence-corrected chi connectivity index (χ3v) is 8.48. The van der Waals surface area contributed by atoms with E-state index in [4.69, 9.17) is 9.47 Å². The summed E-state index contributed by atoms with van der Waals surface area (Å²) in [5.41, 5.74) is 4.00. The number of carbonyl (C=O) groups excluding carboxylic acids is 1. The van der Waals surface area contributed by atoms with E-state index in [1.807, 2.05) is 13.8 Å². The van der Waals surface area contributed by atoms with E-state index in [0.29, 0.717) is 6.61 Å². The van der Waals surface area contributed by atoms with Crippen LogP contribution in [0.1, 0.15) is 123 Å². The average Bonchev–Trinajstić information content (AvgIpc) is 3.02. The minimum atomic E-state index is -0.0575. The predicted octanol–water partition coefficient (Wildman–Crippen LogP) is 11.5. The van der Waals surface area contributed by atoms with Crippen LogP contribution in [0.3, 0.4) is 0 Å². The molecule has 0 aliphatic rings. The maximum absolute atomic E-state index is 11.7. The molecule has 3 aromatic rings. The zero-order valence-corrected chi connectivity index (χ0v) is 26.8. The van der Waals surface area contributed by atoms with Crippen LogP contribution in [0.2, 0.25) is 0 Å². The van der Waals surface area contributed by atoms with E-state index in [9.17, 15) is 4.79 Å². The molecule has 0 fully saturated rings. The van der Waals surface area contributed by atoms with Gasteiger partial charge in [-0.1, -0.05) is 134 Å². The second-order valence-electron chi connectivity index (χ2n) is 12.1. The molecular formula is C39H56O3. The number of rotatable bonds is 22. The summed E-state index contributed by atoms with van der Waals surface area (Å²) < 4.78 is 11.4. The average molecular weight is 573 g/mol. The van der Waals surface area contributed by atoms with Crippen LogP contribution in [0, 0.1) is 5.92 Å². The minimum Gasteiger partial charge on any atom is -0.494 e. The molecule has 42 heavy (non-hydrogen) atoms. The Bertz CT molecular complexity index is 1150. The molecular weight excluding hydrogens is 516 g/mol. The van der Waals surface area contributed by atoms with Crippen molar-refractivity contribution >= 4 is 16.7 Å². The maximum Gasteiger partial charge on any atom is 0.308 e.